The van der Waals surface area contributed by atoms with Gasteiger partial charge in [0.1, 0.15) is 11.6 Å². The highest BCUT2D eigenvalue weighted by atomic mass is 32.1. The molecule has 2 aromatic carbocycles. The number of nitrogens with zero attached hydrogens (tertiary/aromatic N) is 3. The van der Waals surface area contributed by atoms with Crippen molar-refractivity contribution >= 4 is 23.2 Å². The van der Waals surface area contributed by atoms with Crippen molar-refractivity contribution < 1.29 is 18.4 Å². The number of piperazine rings is 1. The number of hydrogen-bond acceptors (Lipinski definition) is 4. The maximum absolute atomic E-state index is 14.0. The van der Waals surface area contributed by atoms with Gasteiger partial charge in [-0.25, -0.2) is 8.78 Å². The second-order valence-electron chi connectivity index (χ2n) is 9.34. The average molecular weight is 510 g/mol. The Bertz CT molecular complexity index is 1240. The van der Waals surface area contributed by atoms with Gasteiger partial charge in [0.05, 0.1) is 6.04 Å². The van der Waals surface area contributed by atoms with E-state index >= 15 is 0 Å². The monoisotopic (exact) mass is 509 g/mol. The van der Waals surface area contributed by atoms with Crippen LogP contribution in [-0.4, -0.2) is 59.2 Å². The maximum Gasteiger partial charge on any atom is 0.223 e. The molecule has 1 saturated heterocycles. The van der Waals surface area contributed by atoms with Gasteiger partial charge in [0.15, 0.2) is 0 Å². The largest absolute Gasteiger partial charge is 0.340 e. The molecule has 1 unspecified atom stereocenters. The Morgan fingerprint density at radius 3 is 2.44 bits per heavy atom. The second kappa shape index (κ2) is 10.9. The highest BCUT2D eigenvalue weighted by Crippen LogP contribution is 2.38. The molecule has 2 aliphatic rings. The summed E-state index contributed by atoms with van der Waals surface area (Å²) >= 11 is 1.66. The number of hydrogen-bond donors (Lipinski definition) is 0. The Balaban J connectivity index is 1.17. The summed E-state index contributed by atoms with van der Waals surface area (Å²) in [5, 5.41) is 2.01. The Labute approximate surface area is 213 Å². The molecule has 0 spiro atoms. The molecule has 36 heavy (non-hydrogen) atoms. The molecule has 8 heteroatoms. The van der Waals surface area contributed by atoms with Gasteiger partial charge in [-0.2, -0.15) is 0 Å². The zero-order chi connectivity index (χ0) is 25.1. The van der Waals surface area contributed by atoms with Gasteiger partial charge in [0.25, 0.3) is 0 Å². The van der Waals surface area contributed by atoms with Crippen molar-refractivity contribution in [2.45, 2.75) is 31.8 Å². The van der Waals surface area contributed by atoms with Gasteiger partial charge in [0, 0.05) is 62.6 Å². The van der Waals surface area contributed by atoms with Crippen LogP contribution in [0, 0.1) is 11.6 Å². The van der Waals surface area contributed by atoms with Crippen molar-refractivity contribution in [1.29, 1.82) is 0 Å². The van der Waals surface area contributed by atoms with E-state index in [2.05, 4.69) is 4.90 Å². The molecule has 0 radical (unpaired) electrons. The van der Waals surface area contributed by atoms with Gasteiger partial charge in [-0.05, 0) is 47.2 Å². The van der Waals surface area contributed by atoms with E-state index in [1.165, 1.54) is 23.1 Å². The Morgan fingerprint density at radius 2 is 1.67 bits per heavy atom. The van der Waals surface area contributed by atoms with Crippen molar-refractivity contribution in [3.05, 3.63) is 93.2 Å². The number of thiophene rings is 1. The number of carbonyl (C=O) groups excluding carboxylic acids is 2. The molecule has 3 aromatic rings. The van der Waals surface area contributed by atoms with Gasteiger partial charge >= 0.3 is 0 Å². The lowest BCUT2D eigenvalue weighted by Gasteiger charge is -2.37. The molecule has 1 fully saturated rings. The third-order valence-corrected chi connectivity index (χ3v) is 8.08. The first kappa shape index (κ1) is 24.6. The highest BCUT2D eigenvalue weighted by Gasteiger charge is 2.33. The Kier molecular flexibility index (Phi) is 7.43. The molecule has 3 heterocycles. The number of carbonyl (C=O) groups is 2. The van der Waals surface area contributed by atoms with Gasteiger partial charge in [0.2, 0.25) is 11.8 Å². The SMILES string of the molecule is O=C(CCC(=O)N1CCc2sccc2C1c1cccc(F)c1)N1CCN(Cc2ccccc2F)CC1. The molecule has 5 rings (SSSR count). The van der Waals surface area contributed by atoms with E-state index < -0.39 is 0 Å². The van der Waals surface area contributed by atoms with Crippen LogP contribution in [0.3, 0.4) is 0 Å². The van der Waals surface area contributed by atoms with Crippen molar-refractivity contribution in [2.24, 2.45) is 0 Å². The van der Waals surface area contributed by atoms with Crippen LogP contribution in [0.25, 0.3) is 0 Å². The first-order chi connectivity index (χ1) is 17.5. The van der Waals surface area contributed by atoms with Crippen LogP contribution in [0.1, 0.15) is 40.5 Å². The Hall–Kier alpha value is -3.10. The van der Waals surface area contributed by atoms with Crippen LogP contribution in [-0.2, 0) is 22.6 Å². The molecule has 1 aromatic heterocycles. The van der Waals surface area contributed by atoms with Crippen molar-refractivity contribution in [2.75, 3.05) is 32.7 Å². The van der Waals surface area contributed by atoms with E-state index in [1.807, 2.05) is 23.6 Å². The lowest BCUT2D eigenvalue weighted by molar-refractivity contribution is -0.139. The molecule has 0 saturated carbocycles. The molecular weight excluding hydrogens is 480 g/mol. The summed E-state index contributed by atoms with van der Waals surface area (Å²) in [5.74, 6) is -0.665. The number of fused-ring (bicyclic) bond motifs is 1. The van der Waals surface area contributed by atoms with E-state index in [0.29, 0.717) is 44.8 Å². The predicted octanol–water partition coefficient (Wildman–Crippen LogP) is 4.63. The molecular formula is C28H29F2N3O2S. The van der Waals surface area contributed by atoms with Crippen molar-refractivity contribution in [3.8, 4) is 0 Å². The van der Waals surface area contributed by atoms with E-state index in [4.69, 9.17) is 0 Å². The molecule has 1 atom stereocenters. The zero-order valence-corrected chi connectivity index (χ0v) is 20.9. The third kappa shape index (κ3) is 5.34. The molecule has 188 valence electrons. The van der Waals surface area contributed by atoms with Gasteiger partial charge in [-0.1, -0.05) is 30.3 Å². The molecule has 0 bridgehead atoms. The van der Waals surface area contributed by atoms with Gasteiger partial charge in [-0.15, -0.1) is 11.3 Å². The minimum Gasteiger partial charge on any atom is -0.340 e. The van der Waals surface area contributed by atoms with Gasteiger partial charge in [-0.3, -0.25) is 14.5 Å². The van der Waals surface area contributed by atoms with Crippen molar-refractivity contribution in [3.63, 3.8) is 0 Å². The number of halogens is 2. The summed E-state index contributed by atoms with van der Waals surface area (Å²) in [6.45, 7) is 3.54. The van der Waals surface area contributed by atoms with E-state index in [9.17, 15) is 18.4 Å². The summed E-state index contributed by atoms with van der Waals surface area (Å²) in [5.41, 5.74) is 2.45. The molecule has 2 aliphatic heterocycles. The summed E-state index contributed by atoms with van der Waals surface area (Å²) < 4.78 is 28.0. The smallest absolute Gasteiger partial charge is 0.223 e. The topological polar surface area (TPSA) is 43.9 Å². The van der Waals surface area contributed by atoms with Crippen LogP contribution in [0.4, 0.5) is 8.78 Å². The average Bonchev–Trinajstić information content (AvgIpc) is 3.37. The fourth-order valence-corrected chi connectivity index (χ4v) is 6.06. The van der Waals surface area contributed by atoms with E-state index in [-0.39, 0.29) is 42.3 Å². The summed E-state index contributed by atoms with van der Waals surface area (Å²) in [4.78, 5) is 33.1. The maximum atomic E-state index is 14.0. The lowest BCUT2D eigenvalue weighted by atomic mass is 9.92. The Morgan fingerprint density at radius 1 is 0.889 bits per heavy atom. The first-order valence-corrected chi connectivity index (χ1v) is 13.2. The fraction of sp³-hybridized carbons (Fsp3) is 0.357. The minimum absolute atomic E-state index is 0.0376. The number of rotatable bonds is 6. The highest BCUT2D eigenvalue weighted by molar-refractivity contribution is 7.10. The lowest BCUT2D eigenvalue weighted by Crippen LogP contribution is -2.48. The van der Waals surface area contributed by atoms with Crippen LogP contribution in [0.15, 0.2) is 60.0 Å². The van der Waals surface area contributed by atoms with Gasteiger partial charge < -0.3 is 9.80 Å². The standard InChI is InChI=1S/C28H29F2N3O2S/c29-22-6-3-5-20(18-22)28-23-11-17-36-25(23)10-12-33(28)27(35)9-8-26(34)32-15-13-31(14-16-32)19-21-4-1-2-7-24(21)30/h1-7,11,17-18,28H,8-10,12-16,19H2. The molecule has 0 N–H and O–H groups in total. The van der Waals surface area contributed by atoms with E-state index in [0.717, 1.165) is 17.5 Å². The zero-order valence-electron chi connectivity index (χ0n) is 20.0. The molecule has 5 nitrogen and oxygen atoms in total. The molecule has 0 aliphatic carbocycles. The second-order valence-corrected chi connectivity index (χ2v) is 10.3. The number of amides is 2. The first-order valence-electron chi connectivity index (χ1n) is 12.3. The van der Waals surface area contributed by atoms with Crippen LogP contribution in [0.2, 0.25) is 0 Å². The van der Waals surface area contributed by atoms with Crippen LogP contribution in [0.5, 0.6) is 0 Å². The summed E-state index contributed by atoms with van der Waals surface area (Å²) in [7, 11) is 0. The fourth-order valence-electron chi connectivity index (χ4n) is 5.16. The number of benzene rings is 2. The van der Waals surface area contributed by atoms with Crippen LogP contribution >= 0.6 is 11.3 Å². The quantitative estimate of drug-likeness (QED) is 0.487. The predicted molar refractivity (Wildman–Crippen MR) is 135 cm³/mol. The third-order valence-electron chi connectivity index (χ3n) is 7.08. The van der Waals surface area contributed by atoms with E-state index in [1.54, 1.807) is 39.3 Å². The summed E-state index contributed by atoms with van der Waals surface area (Å²) in [6.07, 6.45) is 1.04. The minimum atomic E-state index is -0.333. The normalized spacial score (nSPS) is 18.2. The summed E-state index contributed by atoms with van der Waals surface area (Å²) in [6, 6.07) is 14.9. The molecule has 2 amide bonds. The van der Waals surface area contributed by atoms with Crippen LogP contribution < -0.4 is 0 Å². The van der Waals surface area contributed by atoms with Crippen molar-refractivity contribution in [1.82, 2.24) is 14.7 Å².